The van der Waals surface area contributed by atoms with Crippen molar-refractivity contribution in [3.63, 3.8) is 0 Å². The van der Waals surface area contributed by atoms with Gasteiger partial charge in [0.05, 0.1) is 53.1 Å². The second-order valence-electron chi connectivity index (χ2n) is 9.39. The van der Waals surface area contributed by atoms with Crippen LogP contribution in [0.2, 0.25) is 0 Å². The summed E-state index contributed by atoms with van der Waals surface area (Å²) in [6, 6.07) is 16.9. The molecule has 0 radical (unpaired) electrons. The van der Waals surface area contributed by atoms with Crippen molar-refractivity contribution < 1.29 is 9.90 Å². The molecule has 1 saturated heterocycles. The Hall–Kier alpha value is -4.69. The molecule has 192 valence electrons. The van der Waals surface area contributed by atoms with E-state index in [0.29, 0.717) is 42.2 Å². The number of nitrogens with two attached hydrogens (primary N) is 1. The Morgan fingerprint density at radius 2 is 1.97 bits per heavy atom. The van der Waals surface area contributed by atoms with Gasteiger partial charge in [-0.1, -0.05) is 23.4 Å². The molecule has 1 aromatic carbocycles. The molecule has 2 atom stereocenters. The van der Waals surface area contributed by atoms with Crippen LogP contribution in [0.5, 0.6) is 0 Å². The highest BCUT2D eigenvalue weighted by Gasteiger charge is 2.29. The van der Waals surface area contributed by atoms with Crippen LogP contribution in [-0.4, -0.2) is 59.0 Å². The summed E-state index contributed by atoms with van der Waals surface area (Å²) in [7, 11) is 0. The van der Waals surface area contributed by atoms with Crippen molar-refractivity contribution in [2.24, 2.45) is 5.92 Å². The van der Waals surface area contributed by atoms with Gasteiger partial charge in [0.15, 0.2) is 0 Å². The summed E-state index contributed by atoms with van der Waals surface area (Å²) in [5.74, 6) is -0.978. The third kappa shape index (κ3) is 5.50. The largest absolute Gasteiger partial charge is 0.481 e. The predicted molar refractivity (Wildman–Crippen MR) is 139 cm³/mol. The van der Waals surface area contributed by atoms with Gasteiger partial charge in [0.1, 0.15) is 5.69 Å². The Balaban J connectivity index is 1.33. The van der Waals surface area contributed by atoms with Gasteiger partial charge in [-0.3, -0.25) is 14.7 Å². The zero-order chi connectivity index (χ0) is 26.6. The maximum Gasteiger partial charge on any atom is 0.307 e. The monoisotopic (exact) mass is 509 g/mol. The number of anilines is 1. The summed E-state index contributed by atoms with van der Waals surface area (Å²) in [4.78, 5) is 27.1. The molecule has 4 heterocycles. The maximum atomic E-state index is 11.5. The molecule has 0 amide bonds. The van der Waals surface area contributed by atoms with Gasteiger partial charge in [0.25, 0.3) is 0 Å². The number of carboxylic acids is 1. The molecule has 0 spiro atoms. The van der Waals surface area contributed by atoms with Crippen molar-refractivity contribution >= 4 is 11.9 Å². The van der Waals surface area contributed by atoms with Gasteiger partial charge < -0.3 is 10.8 Å². The number of likely N-dealkylation sites (tertiary alicyclic amines) is 1. The standard InChI is InChI=1S/C27H27N9O2/c1-17(35-10-4-7-20(14-35)26(37)38)22-9-3-8-21(30-22)15-36-16-25(33-34-36)24-12-23(31-27(29)32-24)19-6-2-5-18(11-19)13-28/h2-3,5-6,8-9,11-12,16-17,20H,4,7,10,14-15H2,1H3,(H,37,38)(H2,29,31,32)/t17?,20-/m0/s1. The molecule has 1 unspecified atom stereocenters. The molecule has 11 nitrogen and oxygen atoms in total. The fraction of sp³-hybridized carbons (Fsp3) is 0.296. The Morgan fingerprint density at radius 3 is 2.79 bits per heavy atom. The molecule has 1 fully saturated rings. The minimum atomic E-state index is -0.737. The summed E-state index contributed by atoms with van der Waals surface area (Å²) in [5, 5.41) is 27.2. The normalized spacial score (nSPS) is 16.6. The number of carboxylic acid groups (broad SMARTS) is 1. The molecule has 1 aliphatic rings. The third-order valence-electron chi connectivity index (χ3n) is 6.76. The number of nitrogen functional groups attached to an aromatic ring is 1. The zero-order valence-corrected chi connectivity index (χ0v) is 20.9. The maximum absolute atomic E-state index is 11.5. The second kappa shape index (κ2) is 10.7. The number of aliphatic carboxylic acids is 1. The van der Waals surface area contributed by atoms with Crippen LogP contribution < -0.4 is 5.73 Å². The van der Waals surface area contributed by atoms with Gasteiger partial charge in [-0.15, -0.1) is 5.10 Å². The lowest BCUT2D eigenvalue weighted by molar-refractivity contribution is -0.143. The van der Waals surface area contributed by atoms with Crippen molar-refractivity contribution in [1.82, 2.24) is 34.8 Å². The van der Waals surface area contributed by atoms with Gasteiger partial charge in [-0.25, -0.2) is 14.6 Å². The minimum Gasteiger partial charge on any atom is -0.481 e. The van der Waals surface area contributed by atoms with Crippen molar-refractivity contribution in [1.29, 1.82) is 5.26 Å². The van der Waals surface area contributed by atoms with Crippen molar-refractivity contribution in [2.75, 3.05) is 18.8 Å². The Kier molecular flexibility index (Phi) is 7.06. The second-order valence-corrected chi connectivity index (χ2v) is 9.39. The first kappa shape index (κ1) is 25.0. The van der Waals surface area contributed by atoms with Crippen molar-refractivity contribution in [3.8, 4) is 28.7 Å². The number of hydrogen-bond acceptors (Lipinski definition) is 9. The van der Waals surface area contributed by atoms with Crippen LogP contribution in [0.1, 0.15) is 42.8 Å². The van der Waals surface area contributed by atoms with E-state index in [1.165, 1.54) is 0 Å². The van der Waals surface area contributed by atoms with Crippen LogP contribution in [-0.2, 0) is 11.3 Å². The summed E-state index contributed by atoms with van der Waals surface area (Å²) in [6.45, 7) is 3.85. The molecule has 0 saturated carbocycles. The van der Waals surface area contributed by atoms with Gasteiger partial charge in [-0.2, -0.15) is 5.26 Å². The van der Waals surface area contributed by atoms with Crippen molar-refractivity contribution in [2.45, 2.75) is 32.4 Å². The van der Waals surface area contributed by atoms with E-state index in [9.17, 15) is 15.2 Å². The molecule has 11 heteroatoms. The number of aromatic nitrogens is 6. The Labute approximate surface area is 219 Å². The third-order valence-corrected chi connectivity index (χ3v) is 6.76. The highest BCUT2D eigenvalue weighted by molar-refractivity contribution is 5.70. The molecule has 4 aromatic rings. The molecule has 3 aromatic heterocycles. The first-order valence-electron chi connectivity index (χ1n) is 12.4. The summed E-state index contributed by atoms with van der Waals surface area (Å²) < 4.78 is 1.68. The van der Waals surface area contributed by atoms with Crippen LogP contribution in [0.4, 0.5) is 5.95 Å². The molecular weight excluding hydrogens is 482 g/mol. The molecule has 0 aliphatic carbocycles. The minimum absolute atomic E-state index is 0.00496. The number of piperidine rings is 1. The zero-order valence-electron chi connectivity index (χ0n) is 20.9. The van der Waals surface area contributed by atoms with E-state index in [1.807, 2.05) is 24.3 Å². The summed E-state index contributed by atoms with van der Waals surface area (Å²) in [6.07, 6.45) is 3.35. The fourth-order valence-corrected chi connectivity index (χ4v) is 4.72. The number of carbonyl (C=O) groups is 1. The molecule has 1 aliphatic heterocycles. The van der Waals surface area contributed by atoms with E-state index in [0.717, 1.165) is 29.9 Å². The number of nitriles is 1. The Morgan fingerprint density at radius 1 is 1.16 bits per heavy atom. The average molecular weight is 510 g/mol. The number of benzene rings is 1. The molecule has 38 heavy (non-hydrogen) atoms. The summed E-state index contributed by atoms with van der Waals surface area (Å²) in [5.41, 5.74) is 10.6. The lowest BCUT2D eigenvalue weighted by atomic mass is 9.96. The number of rotatable bonds is 7. The van der Waals surface area contributed by atoms with Crippen LogP contribution in [0.15, 0.2) is 54.7 Å². The van der Waals surface area contributed by atoms with E-state index < -0.39 is 5.97 Å². The average Bonchev–Trinajstić information content (AvgIpc) is 3.41. The quantitative estimate of drug-likeness (QED) is 0.379. The number of nitrogens with zero attached hydrogens (tertiary/aromatic N) is 8. The number of pyridine rings is 1. The number of hydrogen-bond donors (Lipinski definition) is 2. The van der Waals surface area contributed by atoms with Gasteiger partial charge in [0, 0.05) is 18.2 Å². The molecule has 0 bridgehead atoms. The van der Waals surface area contributed by atoms with E-state index >= 15 is 0 Å². The lowest BCUT2D eigenvalue weighted by Gasteiger charge is -2.35. The topological polar surface area (TPSA) is 160 Å². The van der Waals surface area contributed by atoms with Gasteiger partial charge in [0.2, 0.25) is 5.95 Å². The molecular formula is C27H27N9O2. The van der Waals surface area contributed by atoms with Crippen molar-refractivity contribution in [3.05, 3.63) is 71.7 Å². The lowest BCUT2D eigenvalue weighted by Crippen LogP contribution is -2.40. The van der Waals surface area contributed by atoms with Gasteiger partial charge >= 0.3 is 5.97 Å². The molecule has 5 rings (SSSR count). The Bertz CT molecular complexity index is 1510. The van der Waals surface area contributed by atoms with Crippen LogP contribution in [0.3, 0.4) is 0 Å². The van der Waals surface area contributed by atoms with Gasteiger partial charge in [-0.05, 0) is 56.6 Å². The first-order chi connectivity index (χ1) is 18.4. The smallest absolute Gasteiger partial charge is 0.307 e. The molecule has 3 N–H and O–H groups in total. The van der Waals surface area contributed by atoms with Crippen LogP contribution in [0.25, 0.3) is 22.6 Å². The highest BCUT2D eigenvalue weighted by Crippen LogP contribution is 2.27. The van der Waals surface area contributed by atoms with Crippen LogP contribution >= 0.6 is 0 Å². The summed E-state index contributed by atoms with van der Waals surface area (Å²) >= 11 is 0. The first-order valence-corrected chi connectivity index (χ1v) is 12.4. The predicted octanol–water partition coefficient (Wildman–Crippen LogP) is 3.16. The van der Waals surface area contributed by atoms with E-state index in [2.05, 4.69) is 38.2 Å². The van der Waals surface area contributed by atoms with E-state index in [-0.39, 0.29) is 17.9 Å². The van der Waals surface area contributed by atoms with E-state index in [4.69, 9.17) is 10.7 Å². The van der Waals surface area contributed by atoms with Crippen LogP contribution in [0, 0.1) is 17.2 Å². The fourth-order valence-electron chi connectivity index (χ4n) is 4.72. The SMILES string of the molecule is CC(c1cccc(Cn2cc(-c3cc(-c4cccc(C#N)c4)nc(N)n3)nn2)n1)N1CCC[C@H](C(=O)O)C1. The highest BCUT2D eigenvalue weighted by atomic mass is 16.4. The van der Waals surface area contributed by atoms with E-state index in [1.54, 1.807) is 35.1 Å².